The molecule has 112 valence electrons. The quantitative estimate of drug-likeness (QED) is 0.597. The van der Waals surface area contributed by atoms with Gasteiger partial charge >= 0.3 is 0 Å². The van der Waals surface area contributed by atoms with Gasteiger partial charge in [-0.2, -0.15) is 0 Å². The monoisotopic (exact) mass is 295 g/mol. The summed E-state index contributed by atoms with van der Waals surface area (Å²) in [6.07, 6.45) is 11.3. The zero-order chi connectivity index (χ0) is 14.2. The molecule has 1 aliphatic rings. The van der Waals surface area contributed by atoms with E-state index in [-0.39, 0.29) is 6.04 Å². The first-order valence-electron chi connectivity index (χ1n) is 7.59. The van der Waals surface area contributed by atoms with Gasteiger partial charge in [-0.05, 0) is 24.8 Å². The van der Waals surface area contributed by atoms with Crippen LogP contribution in [0.15, 0.2) is 23.6 Å². The minimum Gasteiger partial charge on any atom is -0.391 e. The highest BCUT2D eigenvalue weighted by Gasteiger charge is 2.21. The van der Waals surface area contributed by atoms with Gasteiger partial charge in [-0.15, -0.1) is 0 Å². The molecule has 1 aromatic heterocycles. The van der Waals surface area contributed by atoms with Crippen molar-refractivity contribution in [3.8, 4) is 0 Å². The van der Waals surface area contributed by atoms with Crippen LogP contribution in [0.2, 0.25) is 0 Å². The number of aliphatic hydroxyl groups excluding tert-OH is 1. The molecule has 0 amide bonds. The molecule has 1 saturated carbocycles. The Bertz CT molecular complexity index is 371. The molecule has 0 saturated heterocycles. The molecule has 1 aromatic rings. The lowest BCUT2D eigenvalue weighted by Crippen LogP contribution is -2.37. The third-order valence-electron chi connectivity index (χ3n) is 4.01. The summed E-state index contributed by atoms with van der Waals surface area (Å²) in [5.74, 6) is 1.53. The molecular formula is C15H25N3OS. The maximum absolute atomic E-state index is 10.1. The van der Waals surface area contributed by atoms with Crippen molar-refractivity contribution < 1.29 is 5.11 Å². The van der Waals surface area contributed by atoms with Crippen LogP contribution >= 0.6 is 11.8 Å². The van der Waals surface area contributed by atoms with Gasteiger partial charge in [-0.3, -0.25) is 0 Å². The fraction of sp³-hybridized carbons (Fsp3) is 0.733. The van der Waals surface area contributed by atoms with Crippen LogP contribution < -0.4 is 5.73 Å². The van der Waals surface area contributed by atoms with Gasteiger partial charge in [-0.1, -0.05) is 43.9 Å². The van der Waals surface area contributed by atoms with Crippen LogP contribution in [-0.4, -0.2) is 33.0 Å². The van der Waals surface area contributed by atoms with Crippen LogP contribution in [0, 0.1) is 5.92 Å². The fourth-order valence-electron chi connectivity index (χ4n) is 2.81. The van der Waals surface area contributed by atoms with E-state index in [0.29, 0.717) is 6.42 Å². The molecule has 20 heavy (non-hydrogen) atoms. The SMILES string of the molecule is N[C@@H](CC1CCCCC1)[C@@H](O)CCSc1ncccn1. The molecule has 1 aliphatic carbocycles. The lowest BCUT2D eigenvalue weighted by atomic mass is 9.84. The number of aromatic nitrogens is 2. The normalized spacial score (nSPS) is 19.7. The van der Waals surface area contributed by atoms with E-state index >= 15 is 0 Å². The fourth-order valence-corrected chi connectivity index (χ4v) is 3.62. The molecule has 1 heterocycles. The first-order chi connectivity index (χ1) is 9.75. The number of thioether (sulfide) groups is 1. The Balaban J connectivity index is 1.64. The van der Waals surface area contributed by atoms with E-state index < -0.39 is 6.10 Å². The highest BCUT2D eigenvalue weighted by Crippen LogP contribution is 2.28. The predicted molar refractivity (Wildman–Crippen MR) is 82.5 cm³/mol. The number of rotatable bonds is 7. The number of hydrogen-bond acceptors (Lipinski definition) is 5. The maximum atomic E-state index is 10.1. The minimum atomic E-state index is -0.409. The van der Waals surface area contributed by atoms with Gasteiger partial charge < -0.3 is 10.8 Å². The summed E-state index contributed by atoms with van der Waals surface area (Å²) in [6, 6.07) is 1.72. The van der Waals surface area contributed by atoms with Crippen molar-refractivity contribution in [2.24, 2.45) is 11.7 Å². The van der Waals surface area contributed by atoms with Gasteiger partial charge in [0.2, 0.25) is 0 Å². The van der Waals surface area contributed by atoms with Crippen molar-refractivity contribution in [3.05, 3.63) is 18.5 Å². The number of nitrogens with two attached hydrogens (primary N) is 1. The van der Waals surface area contributed by atoms with Crippen molar-refractivity contribution in [1.82, 2.24) is 9.97 Å². The molecule has 0 bridgehead atoms. The second kappa shape index (κ2) is 8.60. The summed E-state index contributed by atoms with van der Waals surface area (Å²) in [5, 5.41) is 10.9. The van der Waals surface area contributed by atoms with Gasteiger partial charge in [-0.25, -0.2) is 9.97 Å². The summed E-state index contributed by atoms with van der Waals surface area (Å²) >= 11 is 1.57. The molecule has 3 N–H and O–H groups in total. The van der Waals surface area contributed by atoms with Crippen LogP contribution in [0.1, 0.15) is 44.9 Å². The molecule has 2 rings (SSSR count). The Morgan fingerprint density at radius 2 is 1.95 bits per heavy atom. The standard InChI is InChI=1S/C15H25N3OS/c16-13(11-12-5-2-1-3-6-12)14(19)7-10-20-15-17-8-4-9-18-15/h4,8-9,12-14,19H,1-3,5-7,10-11,16H2/t13-,14-/m0/s1. The molecular weight excluding hydrogens is 270 g/mol. The molecule has 5 heteroatoms. The highest BCUT2D eigenvalue weighted by atomic mass is 32.2. The molecule has 0 radical (unpaired) electrons. The Morgan fingerprint density at radius 1 is 1.25 bits per heavy atom. The smallest absolute Gasteiger partial charge is 0.187 e. The zero-order valence-corrected chi connectivity index (χ0v) is 12.8. The second-order valence-electron chi connectivity index (χ2n) is 5.64. The largest absolute Gasteiger partial charge is 0.391 e. The van der Waals surface area contributed by atoms with Crippen LogP contribution in [0.5, 0.6) is 0 Å². The third kappa shape index (κ3) is 5.38. The second-order valence-corrected chi connectivity index (χ2v) is 6.70. The highest BCUT2D eigenvalue weighted by molar-refractivity contribution is 7.99. The Hall–Kier alpha value is -0.650. The summed E-state index contributed by atoms with van der Waals surface area (Å²) in [5.41, 5.74) is 6.14. The van der Waals surface area contributed by atoms with Gasteiger partial charge in [0.25, 0.3) is 0 Å². The average molecular weight is 295 g/mol. The molecule has 4 nitrogen and oxygen atoms in total. The first kappa shape index (κ1) is 15.7. The third-order valence-corrected chi connectivity index (χ3v) is 4.92. The summed E-state index contributed by atoms with van der Waals surface area (Å²) in [6.45, 7) is 0. The van der Waals surface area contributed by atoms with Crippen molar-refractivity contribution in [2.45, 2.75) is 62.2 Å². The Kier molecular flexibility index (Phi) is 6.76. The van der Waals surface area contributed by atoms with Crippen LogP contribution in [0.4, 0.5) is 0 Å². The summed E-state index contributed by atoms with van der Waals surface area (Å²) in [4.78, 5) is 8.31. The van der Waals surface area contributed by atoms with E-state index in [1.54, 1.807) is 30.2 Å². The van der Waals surface area contributed by atoms with Crippen LogP contribution in [-0.2, 0) is 0 Å². The molecule has 0 spiro atoms. The number of hydrogen-bond donors (Lipinski definition) is 2. The maximum Gasteiger partial charge on any atom is 0.187 e. The van der Waals surface area contributed by atoms with Crippen molar-refractivity contribution in [2.75, 3.05) is 5.75 Å². The Morgan fingerprint density at radius 3 is 2.65 bits per heavy atom. The summed E-state index contributed by atoms with van der Waals surface area (Å²) < 4.78 is 0. The van der Waals surface area contributed by atoms with Crippen molar-refractivity contribution in [1.29, 1.82) is 0 Å². The van der Waals surface area contributed by atoms with E-state index in [4.69, 9.17) is 5.73 Å². The van der Waals surface area contributed by atoms with E-state index in [1.165, 1.54) is 32.1 Å². The minimum absolute atomic E-state index is 0.0876. The molecule has 2 atom stereocenters. The Labute approximate surface area is 125 Å². The molecule has 0 aromatic carbocycles. The van der Waals surface area contributed by atoms with Gasteiger partial charge in [0.15, 0.2) is 5.16 Å². The summed E-state index contributed by atoms with van der Waals surface area (Å²) in [7, 11) is 0. The van der Waals surface area contributed by atoms with Crippen molar-refractivity contribution in [3.63, 3.8) is 0 Å². The average Bonchev–Trinajstić information content (AvgIpc) is 2.49. The van der Waals surface area contributed by atoms with E-state index in [9.17, 15) is 5.11 Å². The van der Waals surface area contributed by atoms with Gasteiger partial charge in [0.05, 0.1) is 6.10 Å². The van der Waals surface area contributed by atoms with E-state index in [1.807, 2.05) is 0 Å². The number of nitrogens with zero attached hydrogens (tertiary/aromatic N) is 2. The first-order valence-corrected chi connectivity index (χ1v) is 8.57. The predicted octanol–water partition coefficient (Wildman–Crippen LogP) is 2.62. The lowest BCUT2D eigenvalue weighted by molar-refractivity contribution is 0.124. The lowest BCUT2D eigenvalue weighted by Gasteiger charge is -2.27. The van der Waals surface area contributed by atoms with Gasteiger partial charge in [0, 0.05) is 24.2 Å². The zero-order valence-electron chi connectivity index (χ0n) is 11.9. The van der Waals surface area contributed by atoms with Crippen LogP contribution in [0.25, 0.3) is 0 Å². The van der Waals surface area contributed by atoms with Gasteiger partial charge in [0.1, 0.15) is 0 Å². The molecule has 1 fully saturated rings. The molecule has 0 unspecified atom stereocenters. The topological polar surface area (TPSA) is 72.0 Å². The van der Waals surface area contributed by atoms with E-state index in [0.717, 1.165) is 23.2 Å². The number of aliphatic hydroxyl groups is 1. The van der Waals surface area contributed by atoms with Crippen LogP contribution in [0.3, 0.4) is 0 Å². The molecule has 0 aliphatic heterocycles. The van der Waals surface area contributed by atoms with E-state index in [2.05, 4.69) is 9.97 Å². The van der Waals surface area contributed by atoms with Crippen molar-refractivity contribution >= 4 is 11.8 Å².